The van der Waals surface area contributed by atoms with Gasteiger partial charge in [0, 0.05) is 19.0 Å². The van der Waals surface area contributed by atoms with Crippen LogP contribution in [0, 0.1) is 11.3 Å². The molecular formula is C15H21N3O2. The predicted octanol–water partition coefficient (Wildman–Crippen LogP) is 2.13. The fourth-order valence-corrected chi connectivity index (χ4v) is 1.80. The molecule has 1 atom stereocenters. The molecule has 108 valence electrons. The molecule has 0 aliphatic heterocycles. The van der Waals surface area contributed by atoms with Crippen molar-refractivity contribution in [2.45, 2.75) is 32.3 Å². The Morgan fingerprint density at radius 1 is 1.45 bits per heavy atom. The second-order valence-corrected chi connectivity index (χ2v) is 5.51. The van der Waals surface area contributed by atoms with Crippen LogP contribution in [0.4, 0.5) is 4.79 Å². The van der Waals surface area contributed by atoms with E-state index in [2.05, 4.69) is 11.4 Å². The van der Waals surface area contributed by atoms with Crippen LogP contribution in [0.1, 0.15) is 37.8 Å². The van der Waals surface area contributed by atoms with Gasteiger partial charge in [-0.3, -0.25) is 0 Å². The summed E-state index contributed by atoms with van der Waals surface area (Å²) in [5, 5.41) is 11.8. The molecule has 0 bridgehead atoms. The maximum absolute atomic E-state index is 11.6. The quantitative estimate of drug-likeness (QED) is 0.881. The summed E-state index contributed by atoms with van der Waals surface area (Å²) in [5.74, 6) is -0.113. The van der Waals surface area contributed by atoms with Gasteiger partial charge in [0.15, 0.2) is 0 Å². The lowest BCUT2D eigenvalue weighted by atomic mass is 9.94. The van der Waals surface area contributed by atoms with Crippen LogP contribution in [0.5, 0.6) is 0 Å². The highest BCUT2D eigenvalue weighted by Crippen LogP contribution is 2.18. The SMILES string of the molecule is CC(C)(C)OC(=O)NCC(CN)c1ccccc1C#N. The standard InChI is InChI=1S/C15H21N3O2/c1-15(2,3)20-14(19)18-10-12(9-17)13-7-5-4-6-11(13)8-16/h4-7,12H,9-10,17H2,1-3H3,(H,18,19). The minimum atomic E-state index is -0.535. The van der Waals surface area contributed by atoms with Gasteiger partial charge in [0.05, 0.1) is 11.6 Å². The smallest absolute Gasteiger partial charge is 0.407 e. The molecule has 3 N–H and O–H groups in total. The fourth-order valence-electron chi connectivity index (χ4n) is 1.80. The zero-order chi connectivity index (χ0) is 15.2. The number of carbonyl (C=O) groups is 1. The van der Waals surface area contributed by atoms with E-state index >= 15 is 0 Å². The van der Waals surface area contributed by atoms with Crippen LogP contribution in [-0.2, 0) is 4.74 Å². The van der Waals surface area contributed by atoms with Gasteiger partial charge in [-0.05, 0) is 32.4 Å². The maximum Gasteiger partial charge on any atom is 0.407 e. The minimum Gasteiger partial charge on any atom is -0.444 e. The summed E-state index contributed by atoms with van der Waals surface area (Å²) in [6.07, 6.45) is -0.481. The highest BCUT2D eigenvalue weighted by Gasteiger charge is 2.18. The number of carbonyl (C=O) groups excluding carboxylic acids is 1. The van der Waals surface area contributed by atoms with E-state index in [0.717, 1.165) is 5.56 Å². The van der Waals surface area contributed by atoms with Crippen molar-refractivity contribution in [2.75, 3.05) is 13.1 Å². The zero-order valence-corrected chi connectivity index (χ0v) is 12.1. The van der Waals surface area contributed by atoms with Crippen LogP contribution in [0.15, 0.2) is 24.3 Å². The summed E-state index contributed by atoms with van der Waals surface area (Å²) in [5.41, 5.74) is 6.62. The summed E-state index contributed by atoms with van der Waals surface area (Å²) in [7, 11) is 0. The number of nitrogens with one attached hydrogen (secondary N) is 1. The fraction of sp³-hybridized carbons (Fsp3) is 0.467. The molecule has 0 saturated carbocycles. The van der Waals surface area contributed by atoms with E-state index in [1.165, 1.54) is 0 Å². The lowest BCUT2D eigenvalue weighted by Crippen LogP contribution is -2.36. The summed E-state index contributed by atoms with van der Waals surface area (Å²) < 4.78 is 5.17. The van der Waals surface area contributed by atoms with Gasteiger partial charge in [0.2, 0.25) is 0 Å². The number of ether oxygens (including phenoxy) is 1. The molecule has 0 radical (unpaired) electrons. The number of benzene rings is 1. The molecule has 1 rings (SSSR count). The van der Waals surface area contributed by atoms with E-state index in [4.69, 9.17) is 15.7 Å². The van der Waals surface area contributed by atoms with Crippen LogP contribution in [0.2, 0.25) is 0 Å². The predicted molar refractivity (Wildman–Crippen MR) is 77.2 cm³/mol. The molecule has 0 aromatic heterocycles. The molecule has 0 spiro atoms. The molecule has 1 unspecified atom stereocenters. The second kappa shape index (κ2) is 6.92. The summed E-state index contributed by atoms with van der Waals surface area (Å²) in [6, 6.07) is 9.39. The Labute approximate surface area is 119 Å². The lowest BCUT2D eigenvalue weighted by Gasteiger charge is -2.22. The molecule has 0 aliphatic rings. The third-order valence-electron chi connectivity index (χ3n) is 2.70. The van der Waals surface area contributed by atoms with Crippen LogP contribution >= 0.6 is 0 Å². The van der Waals surface area contributed by atoms with Crippen molar-refractivity contribution in [3.8, 4) is 6.07 Å². The molecule has 0 fully saturated rings. The number of amides is 1. The number of nitriles is 1. The number of rotatable bonds is 4. The van der Waals surface area contributed by atoms with Crippen molar-refractivity contribution in [3.05, 3.63) is 35.4 Å². The first-order chi connectivity index (χ1) is 9.37. The zero-order valence-electron chi connectivity index (χ0n) is 12.1. The van der Waals surface area contributed by atoms with Gasteiger partial charge >= 0.3 is 6.09 Å². The van der Waals surface area contributed by atoms with Crippen LogP contribution < -0.4 is 11.1 Å². The minimum absolute atomic E-state index is 0.113. The first-order valence-corrected chi connectivity index (χ1v) is 6.53. The van der Waals surface area contributed by atoms with E-state index < -0.39 is 11.7 Å². The van der Waals surface area contributed by atoms with Crippen molar-refractivity contribution >= 4 is 6.09 Å². The molecular weight excluding hydrogens is 254 g/mol. The number of nitrogens with zero attached hydrogens (tertiary/aromatic N) is 1. The van der Waals surface area contributed by atoms with Gasteiger partial charge in [-0.15, -0.1) is 0 Å². The number of hydrogen-bond acceptors (Lipinski definition) is 4. The van der Waals surface area contributed by atoms with E-state index in [1.54, 1.807) is 32.9 Å². The summed E-state index contributed by atoms with van der Waals surface area (Å²) >= 11 is 0. The van der Waals surface area contributed by atoms with Crippen molar-refractivity contribution in [1.82, 2.24) is 5.32 Å². The van der Waals surface area contributed by atoms with Crippen molar-refractivity contribution < 1.29 is 9.53 Å². The second-order valence-electron chi connectivity index (χ2n) is 5.51. The van der Waals surface area contributed by atoms with Gasteiger partial charge in [-0.2, -0.15) is 5.26 Å². The van der Waals surface area contributed by atoms with Crippen molar-refractivity contribution in [1.29, 1.82) is 5.26 Å². The Morgan fingerprint density at radius 3 is 2.65 bits per heavy atom. The molecule has 0 saturated heterocycles. The maximum atomic E-state index is 11.6. The summed E-state index contributed by atoms with van der Waals surface area (Å²) in [6.45, 7) is 6.09. The van der Waals surface area contributed by atoms with Gasteiger partial charge in [0.25, 0.3) is 0 Å². The van der Waals surface area contributed by atoms with E-state index in [-0.39, 0.29) is 5.92 Å². The molecule has 0 heterocycles. The first kappa shape index (κ1) is 16.0. The van der Waals surface area contributed by atoms with Gasteiger partial charge in [-0.1, -0.05) is 18.2 Å². The number of hydrogen-bond donors (Lipinski definition) is 2. The highest BCUT2D eigenvalue weighted by molar-refractivity contribution is 5.67. The molecule has 1 aromatic carbocycles. The Kier molecular flexibility index (Phi) is 5.53. The molecule has 20 heavy (non-hydrogen) atoms. The Bertz CT molecular complexity index is 501. The summed E-state index contributed by atoms with van der Waals surface area (Å²) in [4.78, 5) is 11.6. The largest absolute Gasteiger partial charge is 0.444 e. The Hall–Kier alpha value is -2.06. The van der Waals surface area contributed by atoms with Crippen molar-refractivity contribution in [2.24, 2.45) is 5.73 Å². The van der Waals surface area contributed by atoms with Gasteiger partial charge in [-0.25, -0.2) is 4.79 Å². The molecule has 0 aliphatic carbocycles. The Morgan fingerprint density at radius 2 is 2.10 bits per heavy atom. The molecule has 5 nitrogen and oxygen atoms in total. The molecule has 1 aromatic rings. The molecule has 5 heteroatoms. The van der Waals surface area contributed by atoms with Crippen LogP contribution in [0.25, 0.3) is 0 Å². The van der Waals surface area contributed by atoms with E-state index in [1.807, 2.05) is 12.1 Å². The monoisotopic (exact) mass is 275 g/mol. The normalized spacial score (nSPS) is 12.3. The topological polar surface area (TPSA) is 88.1 Å². The highest BCUT2D eigenvalue weighted by atomic mass is 16.6. The van der Waals surface area contributed by atoms with E-state index in [9.17, 15) is 4.79 Å². The van der Waals surface area contributed by atoms with Crippen molar-refractivity contribution in [3.63, 3.8) is 0 Å². The average molecular weight is 275 g/mol. The Balaban J connectivity index is 2.69. The number of nitrogens with two attached hydrogens (primary N) is 1. The average Bonchev–Trinajstić information content (AvgIpc) is 2.38. The van der Waals surface area contributed by atoms with Crippen LogP contribution in [0.3, 0.4) is 0 Å². The third kappa shape index (κ3) is 4.90. The lowest BCUT2D eigenvalue weighted by molar-refractivity contribution is 0.0525. The molecule has 1 amide bonds. The van der Waals surface area contributed by atoms with Gasteiger partial charge < -0.3 is 15.8 Å². The first-order valence-electron chi connectivity index (χ1n) is 6.53. The van der Waals surface area contributed by atoms with Gasteiger partial charge in [0.1, 0.15) is 5.60 Å². The van der Waals surface area contributed by atoms with E-state index in [0.29, 0.717) is 18.7 Å². The number of alkyl carbamates (subject to hydrolysis) is 1. The third-order valence-corrected chi connectivity index (χ3v) is 2.70. The van der Waals surface area contributed by atoms with Crippen LogP contribution in [-0.4, -0.2) is 24.8 Å².